The van der Waals surface area contributed by atoms with E-state index in [1.165, 1.54) is 0 Å². The Morgan fingerprint density at radius 3 is 2.74 bits per heavy atom. The van der Waals surface area contributed by atoms with E-state index in [4.69, 9.17) is 15.6 Å². The second-order valence-electron chi connectivity index (χ2n) is 5.37. The van der Waals surface area contributed by atoms with Crippen LogP contribution >= 0.6 is 0 Å². The minimum Gasteiger partial charge on any atom is -0.497 e. The molecule has 2 rings (SSSR count). The third-order valence-corrected chi connectivity index (χ3v) is 4.17. The van der Waals surface area contributed by atoms with Gasteiger partial charge >= 0.3 is 5.97 Å². The van der Waals surface area contributed by atoms with E-state index in [1.54, 1.807) is 7.11 Å². The average molecular weight is 263 g/mol. The summed E-state index contributed by atoms with van der Waals surface area (Å²) in [4.78, 5) is 11.0. The first kappa shape index (κ1) is 13.9. The van der Waals surface area contributed by atoms with E-state index in [-0.39, 0.29) is 5.41 Å². The first-order valence-corrected chi connectivity index (χ1v) is 6.70. The van der Waals surface area contributed by atoms with E-state index < -0.39 is 12.0 Å². The highest BCUT2D eigenvalue weighted by molar-refractivity contribution is 5.73. The molecule has 4 nitrogen and oxygen atoms in total. The molecule has 0 aliphatic heterocycles. The molecule has 0 bridgehead atoms. The Morgan fingerprint density at radius 2 is 2.16 bits per heavy atom. The van der Waals surface area contributed by atoms with Crippen molar-refractivity contribution in [1.29, 1.82) is 0 Å². The minimum absolute atomic E-state index is 0.105. The van der Waals surface area contributed by atoms with E-state index in [0.717, 1.165) is 37.0 Å². The van der Waals surface area contributed by atoms with Gasteiger partial charge in [0.1, 0.15) is 11.8 Å². The van der Waals surface area contributed by atoms with Crippen molar-refractivity contribution < 1.29 is 14.6 Å². The quantitative estimate of drug-likeness (QED) is 0.855. The summed E-state index contributed by atoms with van der Waals surface area (Å²) in [5.41, 5.74) is 6.81. The van der Waals surface area contributed by atoms with E-state index in [1.807, 2.05) is 18.2 Å². The van der Waals surface area contributed by atoms with Crippen LogP contribution in [0.1, 0.15) is 37.7 Å². The fourth-order valence-corrected chi connectivity index (χ4v) is 3.12. The van der Waals surface area contributed by atoms with Crippen LogP contribution < -0.4 is 10.5 Å². The SMILES string of the molecule is COc1cccc(C2(CC(N)C(=O)O)CCCC2)c1. The Kier molecular flexibility index (Phi) is 4.10. The lowest BCUT2D eigenvalue weighted by atomic mass is 9.74. The first-order chi connectivity index (χ1) is 9.07. The number of nitrogens with two attached hydrogens (primary N) is 1. The molecule has 4 heteroatoms. The molecule has 1 aromatic rings. The second-order valence-corrected chi connectivity index (χ2v) is 5.37. The van der Waals surface area contributed by atoms with Crippen LogP contribution in [0.3, 0.4) is 0 Å². The van der Waals surface area contributed by atoms with Crippen LogP contribution in [0.25, 0.3) is 0 Å². The molecular formula is C15H21NO3. The highest BCUT2D eigenvalue weighted by atomic mass is 16.5. The van der Waals surface area contributed by atoms with Crippen molar-refractivity contribution in [2.75, 3.05) is 7.11 Å². The number of carboxylic acids is 1. The van der Waals surface area contributed by atoms with E-state index in [2.05, 4.69) is 6.07 Å². The molecule has 0 saturated heterocycles. The number of ether oxygens (including phenoxy) is 1. The van der Waals surface area contributed by atoms with Crippen LogP contribution in [0.2, 0.25) is 0 Å². The fraction of sp³-hybridized carbons (Fsp3) is 0.533. The van der Waals surface area contributed by atoms with Gasteiger partial charge in [0, 0.05) is 0 Å². The predicted octanol–water partition coefficient (Wildman–Crippen LogP) is 2.31. The lowest BCUT2D eigenvalue weighted by Crippen LogP contribution is -2.38. The summed E-state index contributed by atoms with van der Waals surface area (Å²) in [7, 11) is 1.64. The number of rotatable bonds is 5. The molecule has 1 fully saturated rings. The highest BCUT2D eigenvalue weighted by Gasteiger charge is 2.38. The smallest absolute Gasteiger partial charge is 0.320 e. The summed E-state index contributed by atoms with van der Waals surface area (Å²) in [5.74, 6) is -0.109. The van der Waals surface area contributed by atoms with Gasteiger partial charge in [0.15, 0.2) is 0 Å². The van der Waals surface area contributed by atoms with Crippen LogP contribution in [0.5, 0.6) is 5.75 Å². The minimum atomic E-state index is -0.922. The van der Waals surface area contributed by atoms with Crippen molar-refractivity contribution in [3.05, 3.63) is 29.8 Å². The van der Waals surface area contributed by atoms with Gasteiger partial charge in [0.05, 0.1) is 7.11 Å². The Bertz CT molecular complexity index is 452. The van der Waals surface area contributed by atoms with Crippen molar-refractivity contribution in [2.45, 2.75) is 43.6 Å². The van der Waals surface area contributed by atoms with Gasteiger partial charge < -0.3 is 15.6 Å². The molecule has 104 valence electrons. The molecule has 1 atom stereocenters. The average Bonchev–Trinajstić information content (AvgIpc) is 2.88. The van der Waals surface area contributed by atoms with Crippen molar-refractivity contribution in [1.82, 2.24) is 0 Å². The zero-order valence-corrected chi connectivity index (χ0v) is 11.3. The van der Waals surface area contributed by atoms with Crippen LogP contribution in [0.15, 0.2) is 24.3 Å². The van der Waals surface area contributed by atoms with Crippen LogP contribution in [-0.2, 0) is 10.2 Å². The Hall–Kier alpha value is -1.55. The molecule has 0 radical (unpaired) electrons. The van der Waals surface area contributed by atoms with Crippen molar-refractivity contribution in [3.8, 4) is 5.75 Å². The molecule has 1 aliphatic carbocycles. The van der Waals surface area contributed by atoms with Crippen molar-refractivity contribution in [2.24, 2.45) is 5.73 Å². The number of carboxylic acid groups (broad SMARTS) is 1. The maximum atomic E-state index is 11.0. The van der Waals surface area contributed by atoms with Gasteiger partial charge in [-0.05, 0) is 42.4 Å². The van der Waals surface area contributed by atoms with Crippen LogP contribution in [0, 0.1) is 0 Å². The molecular weight excluding hydrogens is 242 g/mol. The number of benzene rings is 1. The monoisotopic (exact) mass is 263 g/mol. The Morgan fingerprint density at radius 1 is 1.47 bits per heavy atom. The molecule has 1 unspecified atom stereocenters. The number of hydrogen-bond acceptors (Lipinski definition) is 3. The summed E-state index contributed by atoms with van der Waals surface area (Å²) in [6.07, 6.45) is 4.75. The predicted molar refractivity (Wildman–Crippen MR) is 73.4 cm³/mol. The van der Waals surface area contributed by atoms with Crippen LogP contribution in [0.4, 0.5) is 0 Å². The molecule has 1 saturated carbocycles. The van der Waals surface area contributed by atoms with Gasteiger partial charge in [0.2, 0.25) is 0 Å². The molecule has 19 heavy (non-hydrogen) atoms. The lowest BCUT2D eigenvalue weighted by molar-refractivity contribution is -0.139. The van der Waals surface area contributed by atoms with Gasteiger partial charge in [-0.2, -0.15) is 0 Å². The molecule has 3 N–H and O–H groups in total. The molecule has 1 aromatic carbocycles. The van der Waals surface area contributed by atoms with Crippen molar-refractivity contribution >= 4 is 5.97 Å². The number of aliphatic carboxylic acids is 1. The Labute approximate surface area is 113 Å². The summed E-state index contributed by atoms with van der Waals surface area (Å²) in [6.45, 7) is 0. The maximum Gasteiger partial charge on any atom is 0.320 e. The van der Waals surface area contributed by atoms with E-state index in [0.29, 0.717) is 6.42 Å². The van der Waals surface area contributed by atoms with E-state index in [9.17, 15) is 4.79 Å². The van der Waals surface area contributed by atoms with Gasteiger partial charge in [-0.3, -0.25) is 4.79 Å². The topological polar surface area (TPSA) is 72.5 Å². The third kappa shape index (κ3) is 2.89. The van der Waals surface area contributed by atoms with Crippen molar-refractivity contribution in [3.63, 3.8) is 0 Å². The summed E-state index contributed by atoms with van der Waals surface area (Å²) in [5, 5.41) is 9.05. The number of carbonyl (C=O) groups is 1. The summed E-state index contributed by atoms with van der Waals surface area (Å²) in [6, 6.07) is 7.14. The maximum absolute atomic E-state index is 11.0. The first-order valence-electron chi connectivity index (χ1n) is 6.70. The van der Waals surface area contributed by atoms with E-state index >= 15 is 0 Å². The molecule has 0 heterocycles. The normalized spacial score (nSPS) is 19.1. The largest absolute Gasteiger partial charge is 0.497 e. The number of hydrogen-bond donors (Lipinski definition) is 2. The molecule has 0 spiro atoms. The van der Waals surface area contributed by atoms with Gasteiger partial charge in [-0.15, -0.1) is 0 Å². The Balaban J connectivity index is 2.30. The van der Waals surface area contributed by atoms with Gasteiger partial charge in [-0.1, -0.05) is 25.0 Å². The summed E-state index contributed by atoms with van der Waals surface area (Å²) >= 11 is 0. The van der Waals surface area contributed by atoms with Gasteiger partial charge in [-0.25, -0.2) is 0 Å². The van der Waals surface area contributed by atoms with Crippen LogP contribution in [-0.4, -0.2) is 24.2 Å². The lowest BCUT2D eigenvalue weighted by Gasteiger charge is -2.31. The summed E-state index contributed by atoms with van der Waals surface area (Å²) < 4.78 is 5.26. The third-order valence-electron chi connectivity index (χ3n) is 4.17. The second kappa shape index (κ2) is 5.61. The zero-order valence-electron chi connectivity index (χ0n) is 11.3. The number of methoxy groups -OCH3 is 1. The molecule has 0 amide bonds. The fourth-order valence-electron chi connectivity index (χ4n) is 3.12. The molecule has 1 aliphatic rings. The standard InChI is InChI=1S/C15H21NO3/c1-19-12-6-4-5-11(9-12)15(7-2-3-8-15)10-13(16)14(17)18/h4-6,9,13H,2-3,7-8,10,16H2,1H3,(H,17,18). The van der Waals surface area contributed by atoms with Gasteiger partial charge in [0.25, 0.3) is 0 Å². The molecule has 0 aromatic heterocycles. The zero-order chi connectivity index (χ0) is 13.9. The highest BCUT2D eigenvalue weighted by Crippen LogP contribution is 2.45.